The molecule has 0 radical (unpaired) electrons. The van der Waals surface area contributed by atoms with E-state index in [0.29, 0.717) is 0 Å². The molecule has 0 saturated heterocycles. The van der Waals surface area contributed by atoms with E-state index in [0.717, 1.165) is 6.07 Å². The average Bonchev–Trinajstić information content (AvgIpc) is 2.90. The van der Waals surface area contributed by atoms with E-state index in [1.165, 1.54) is 18.5 Å². The van der Waals surface area contributed by atoms with E-state index in [1.807, 2.05) is 0 Å². The van der Waals surface area contributed by atoms with Gasteiger partial charge in [0.25, 0.3) is 11.6 Å². The van der Waals surface area contributed by atoms with Gasteiger partial charge in [0.05, 0.1) is 9.95 Å². The van der Waals surface area contributed by atoms with Crippen LogP contribution in [-0.4, -0.2) is 20.8 Å². The fraction of sp³-hybridized carbons (Fsp3) is 0. The molecule has 20 heavy (non-hydrogen) atoms. The average molecular weight is 297 g/mol. The number of nitro groups is 1. The largest absolute Gasteiger partial charge is 0.331 e. The van der Waals surface area contributed by atoms with E-state index in [1.54, 1.807) is 0 Å². The van der Waals surface area contributed by atoms with E-state index in [9.17, 15) is 14.9 Å². The number of anilines is 2. The molecule has 0 spiro atoms. The number of halogens is 1. The van der Waals surface area contributed by atoms with Gasteiger partial charge in [-0.2, -0.15) is 0 Å². The summed E-state index contributed by atoms with van der Waals surface area (Å²) in [6, 6.07) is 2.33. The van der Waals surface area contributed by atoms with Crippen molar-refractivity contribution in [3.63, 3.8) is 0 Å². The summed E-state index contributed by atoms with van der Waals surface area (Å²) in [5, 5.41) is 13.3. The van der Waals surface area contributed by atoms with Gasteiger partial charge in [0.15, 0.2) is 0 Å². The smallest absolute Gasteiger partial charge is 0.295 e. The molecule has 2 rings (SSSR count). The number of aromatic nitrogens is 2. The highest BCUT2D eigenvalue weighted by atomic mass is 35.5. The van der Waals surface area contributed by atoms with Gasteiger partial charge < -0.3 is 10.4 Å². The lowest BCUT2D eigenvalue weighted by Crippen LogP contribution is -2.15. The fourth-order valence-electron chi connectivity index (χ4n) is 1.52. The molecular weight excluding hydrogens is 288 g/mol. The molecule has 0 fully saturated rings. The third-order valence-corrected chi connectivity index (χ3v) is 2.70. The first-order chi connectivity index (χ1) is 9.52. The monoisotopic (exact) mass is 296 g/mol. The lowest BCUT2D eigenvalue weighted by atomic mass is 10.1. The standard InChI is InChI=1S/C10H9ClN6O3/c11-6-3-5(4-7(17(19)20)8(6)16-12)9(18)15-10-13-1-2-14-10/h1-4,16H,12H2,(H2,13,14,15,18). The third kappa shape index (κ3) is 2.68. The minimum atomic E-state index is -0.690. The SMILES string of the molecule is NNc1c(Cl)cc(C(=O)Nc2ncc[nH]2)cc1[N+](=O)[O-]. The quantitative estimate of drug-likeness (QED) is 0.383. The summed E-state index contributed by atoms with van der Waals surface area (Å²) >= 11 is 5.85. The van der Waals surface area contributed by atoms with Crippen molar-refractivity contribution in [3.05, 3.63) is 45.2 Å². The number of carbonyl (C=O) groups is 1. The molecule has 0 saturated carbocycles. The zero-order chi connectivity index (χ0) is 14.7. The van der Waals surface area contributed by atoms with Crippen molar-refractivity contribution < 1.29 is 9.72 Å². The number of hydrogen-bond acceptors (Lipinski definition) is 6. The number of carbonyl (C=O) groups excluding carboxylic acids is 1. The van der Waals surface area contributed by atoms with Gasteiger partial charge in [-0.3, -0.25) is 26.1 Å². The summed E-state index contributed by atoms with van der Waals surface area (Å²) in [6.45, 7) is 0. The molecule has 0 aliphatic carbocycles. The van der Waals surface area contributed by atoms with Crippen molar-refractivity contribution in [3.8, 4) is 0 Å². The molecule has 2 aromatic rings. The van der Waals surface area contributed by atoms with Gasteiger partial charge in [-0.05, 0) is 6.07 Å². The van der Waals surface area contributed by atoms with Crippen LogP contribution in [0, 0.1) is 10.1 Å². The molecule has 104 valence electrons. The first kappa shape index (κ1) is 13.8. The van der Waals surface area contributed by atoms with Crippen LogP contribution in [-0.2, 0) is 0 Å². The number of imidazole rings is 1. The van der Waals surface area contributed by atoms with Crippen LogP contribution in [0.3, 0.4) is 0 Å². The Morgan fingerprint density at radius 3 is 2.80 bits per heavy atom. The van der Waals surface area contributed by atoms with Crippen LogP contribution < -0.4 is 16.6 Å². The number of aromatic amines is 1. The Kier molecular flexibility index (Phi) is 3.82. The number of nitro benzene ring substituents is 1. The summed E-state index contributed by atoms with van der Waals surface area (Å²) < 4.78 is 0. The van der Waals surface area contributed by atoms with Crippen LogP contribution in [0.1, 0.15) is 10.4 Å². The van der Waals surface area contributed by atoms with Crippen molar-refractivity contribution in [1.29, 1.82) is 0 Å². The number of nitrogens with zero attached hydrogens (tertiary/aromatic N) is 2. The molecule has 1 aromatic heterocycles. The van der Waals surface area contributed by atoms with Gasteiger partial charge in [-0.1, -0.05) is 11.6 Å². The predicted molar refractivity (Wildman–Crippen MR) is 72.5 cm³/mol. The van der Waals surface area contributed by atoms with Gasteiger partial charge >= 0.3 is 0 Å². The summed E-state index contributed by atoms with van der Waals surface area (Å²) in [6.07, 6.45) is 2.97. The number of nitrogens with one attached hydrogen (secondary N) is 3. The minimum Gasteiger partial charge on any atom is -0.331 e. The Labute approximate surface area is 117 Å². The summed E-state index contributed by atoms with van der Waals surface area (Å²) in [7, 11) is 0. The molecule has 5 N–H and O–H groups in total. The summed E-state index contributed by atoms with van der Waals surface area (Å²) in [5.74, 6) is 4.80. The maximum absolute atomic E-state index is 11.9. The molecule has 0 atom stereocenters. The van der Waals surface area contributed by atoms with Crippen LogP contribution in [0.15, 0.2) is 24.5 Å². The van der Waals surface area contributed by atoms with E-state index in [2.05, 4.69) is 20.7 Å². The van der Waals surface area contributed by atoms with Crippen molar-refractivity contribution in [2.75, 3.05) is 10.7 Å². The summed E-state index contributed by atoms with van der Waals surface area (Å²) in [5.41, 5.74) is 1.68. The number of hydrazine groups is 1. The molecule has 9 nitrogen and oxygen atoms in total. The number of rotatable bonds is 4. The van der Waals surface area contributed by atoms with E-state index < -0.39 is 16.5 Å². The zero-order valence-electron chi connectivity index (χ0n) is 9.88. The Bertz CT molecular complexity index is 657. The van der Waals surface area contributed by atoms with Crippen molar-refractivity contribution in [2.45, 2.75) is 0 Å². The number of nitrogens with two attached hydrogens (primary N) is 1. The van der Waals surface area contributed by atoms with Crippen LogP contribution in [0.2, 0.25) is 5.02 Å². The molecule has 0 bridgehead atoms. The Hall–Kier alpha value is -2.65. The number of nitrogen functional groups attached to an aromatic ring is 1. The highest BCUT2D eigenvalue weighted by Crippen LogP contribution is 2.33. The lowest BCUT2D eigenvalue weighted by molar-refractivity contribution is -0.384. The van der Waals surface area contributed by atoms with Crippen LogP contribution in [0.4, 0.5) is 17.3 Å². The molecule has 10 heteroatoms. The molecule has 0 aliphatic heterocycles. The molecule has 1 heterocycles. The molecule has 1 aromatic carbocycles. The van der Waals surface area contributed by atoms with Gasteiger partial charge in [-0.25, -0.2) is 4.98 Å². The lowest BCUT2D eigenvalue weighted by Gasteiger charge is -2.07. The number of benzene rings is 1. The van der Waals surface area contributed by atoms with Crippen molar-refractivity contribution >= 4 is 34.8 Å². The van der Waals surface area contributed by atoms with Gasteiger partial charge in [0, 0.05) is 24.0 Å². The van der Waals surface area contributed by atoms with E-state index >= 15 is 0 Å². The zero-order valence-corrected chi connectivity index (χ0v) is 10.6. The maximum Gasteiger partial charge on any atom is 0.295 e. The van der Waals surface area contributed by atoms with E-state index in [4.69, 9.17) is 17.4 Å². The van der Waals surface area contributed by atoms with Crippen molar-refractivity contribution in [2.24, 2.45) is 5.84 Å². The number of H-pyrrole nitrogens is 1. The van der Waals surface area contributed by atoms with Gasteiger partial charge in [-0.15, -0.1) is 0 Å². The fourth-order valence-corrected chi connectivity index (χ4v) is 1.79. The van der Waals surface area contributed by atoms with Crippen LogP contribution in [0.5, 0.6) is 0 Å². The first-order valence-corrected chi connectivity index (χ1v) is 5.66. The molecule has 1 amide bonds. The van der Waals surface area contributed by atoms with Gasteiger partial charge in [0.2, 0.25) is 5.95 Å². The van der Waals surface area contributed by atoms with Gasteiger partial charge in [0.1, 0.15) is 5.69 Å². The molecule has 0 unspecified atom stereocenters. The first-order valence-electron chi connectivity index (χ1n) is 5.28. The highest BCUT2D eigenvalue weighted by molar-refractivity contribution is 6.34. The second kappa shape index (κ2) is 5.55. The maximum atomic E-state index is 11.9. The normalized spacial score (nSPS) is 10.1. The summed E-state index contributed by atoms with van der Waals surface area (Å²) in [4.78, 5) is 28.6. The minimum absolute atomic E-state index is 0.0112. The predicted octanol–water partition coefficient (Wildman–Crippen LogP) is 1.51. The Morgan fingerprint density at radius 1 is 1.50 bits per heavy atom. The van der Waals surface area contributed by atoms with Crippen LogP contribution in [0.25, 0.3) is 0 Å². The van der Waals surface area contributed by atoms with Crippen molar-refractivity contribution in [1.82, 2.24) is 9.97 Å². The second-order valence-electron chi connectivity index (χ2n) is 3.65. The highest BCUT2D eigenvalue weighted by Gasteiger charge is 2.21. The molecule has 0 aliphatic rings. The number of hydrogen-bond donors (Lipinski definition) is 4. The number of amides is 1. The Morgan fingerprint density at radius 2 is 2.25 bits per heavy atom. The molecular formula is C10H9ClN6O3. The Balaban J connectivity index is 2.37. The van der Waals surface area contributed by atoms with E-state index in [-0.39, 0.29) is 22.2 Å². The van der Waals surface area contributed by atoms with Crippen LogP contribution >= 0.6 is 11.6 Å². The second-order valence-corrected chi connectivity index (χ2v) is 4.05. The topological polar surface area (TPSA) is 139 Å². The third-order valence-electron chi connectivity index (χ3n) is 2.40.